The van der Waals surface area contributed by atoms with E-state index in [1.807, 2.05) is 32.9 Å². The van der Waals surface area contributed by atoms with Gasteiger partial charge in [-0.25, -0.2) is 19.7 Å². The first-order valence-corrected chi connectivity index (χ1v) is 13.9. The van der Waals surface area contributed by atoms with Crippen LogP contribution in [0.25, 0.3) is 11.3 Å². The summed E-state index contributed by atoms with van der Waals surface area (Å²) in [6, 6.07) is 7.16. The molecule has 1 aliphatic heterocycles. The summed E-state index contributed by atoms with van der Waals surface area (Å²) in [5, 5.41) is 2.37. The molecule has 1 unspecified atom stereocenters. The first-order valence-electron chi connectivity index (χ1n) is 11.2. The van der Waals surface area contributed by atoms with Crippen molar-refractivity contribution in [2.24, 2.45) is 0 Å². The maximum Gasteiger partial charge on any atom is 0.410 e. The average molecular weight is 535 g/mol. The van der Waals surface area contributed by atoms with Crippen LogP contribution in [0.2, 0.25) is 5.02 Å². The summed E-state index contributed by atoms with van der Waals surface area (Å²) in [5.41, 5.74) is 0.885. The predicted octanol–water partition coefficient (Wildman–Crippen LogP) is 5.79. The Labute approximate surface area is 216 Å². The zero-order valence-corrected chi connectivity index (χ0v) is 22.4. The van der Waals surface area contributed by atoms with E-state index < -0.39 is 16.4 Å². The molecule has 1 atom stereocenters. The van der Waals surface area contributed by atoms with Gasteiger partial charge < -0.3 is 14.1 Å². The van der Waals surface area contributed by atoms with Crippen molar-refractivity contribution in [2.45, 2.75) is 60.3 Å². The van der Waals surface area contributed by atoms with Gasteiger partial charge in [0.25, 0.3) is 0 Å². The highest BCUT2D eigenvalue weighted by atomic mass is 35.5. The number of piperidine rings is 1. The van der Waals surface area contributed by atoms with Gasteiger partial charge in [-0.15, -0.1) is 0 Å². The Bertz CT molecular complexity index is 1200. The fourth-order valence-corrected chi connectivity index (χ4v) is 4.98. The number of pyridine rings is 2. The van der Waals surface area contributed by atoms with Gasteiger partial charge >= 0.3 is 6.09 Å². The molecule has 1 aliphatic rings. The number of ether oxygens (including phenoxy) is 1. The topological polar surface area (TPSA) is 98.4 Å². The number of amides is 1. The monoisotopic (exact) mass is 534 g/mol. The van der Waals surface area contributed by atoms with Crippen molar-refractivity contribution in [1.29, 1.82) is 0 Å². The zero-order valence-electron chi connectivity index (χ0n) is 20.0. The van der Waals surface area contributed by atoms with E-state index in [-0.39, 0.29) is 12.0 Å². The number of oxazole rings is 1. The molecule has 1 saturated heterocycles. The number of carbonyl (C=O) groups is 1. The van der Waals surface area contributed by atoms with E-state index in [1.54, 1.807) is 35.7 Å². The second-order valence-electron chi connectivity index (χ2n) is 9.19. The van der Waals surface area contributed by atoms with Crippen molar-refractivity contribution >= 4 is 40.3 Å². The van der Waals surface area contributed by atoms with Crippen molar-refractivity contribution in [1.82, 2.24) is 19.9 Å². The Morgan fingerprint density at radius 2 is 1.91 bits per heavy atom. The van der Waals surface area contributed by atoms with Crippen molar-refractivity contribution in [3.05, 3.63) is 47.6 Å². The predicted molar refractivity (Wildman–Crippen MR) is 135 cm³/mol. The van der Waals surface area contributed by atoms with Crippen LogP contribution in [0.5, 0.6) is 0 Å². The summed E-state index contributed by atoms with van der Waals surface area (Å²) in [7, 11) is -1.17. The lowest BCUT2D eigenvalue weighted by Gasteiger charge is -2.32. The van der Waals surface area contributed by atoms with Crippen LogP contribution < -0.4 is 0 Å². The molecule has 11 heteroatoms. The molecule has 0 spiro atoms. The molecule has 1 amide bonds. The van der Waals surface area contributed by atoms with Crippen molar-refractivity contribution in [2.75, 3.05) is 19.3 Å². The number of aromatic nitrogens is 3. The molecule has 0 bridgehead atoms. The zero-order chi connectivity index (χ0) is 25.2. The maximum absolute atomic E-state index is 12.4. The molecule has 4 rings (SSSR count). The summed E-state index contributed by atoms with van der Waals surface area (Å²) in [4.78, 5) is 27.6. The normalized spacial score (nSPS) is 15.7. The lowest BCUT2D eigenvalue weighted by molar-refractivity contribution is 0.0198. The average Bonchev–Trinajstić information content (AvgIpc) is 3.23. The van der Waals surface area contributed by atoms with E-state index >= 15 is 0 Å². The molecule has 8 nitrogen and oxygen atoms in total. The highest BCUT2D eigenvalue weighted by molar-refractivity contribution is 7.99. The van der Waals surface area contributed by atoms with Gasteiger partial charge in [0.1, 0.15) is 21.3 Å². The van der Waals surface area contributed by atoms with E-state index in [0.29, 0.717) is 52.7 Å². The summed E-state index contributed by atoms with van der Waals surface area (Å²) in [6.07, 6.45) is 5.97. The smallest absolute Gasteiger partial charge is 0.410 e. The van der Waals surface area contributed by atoms with Crippen LogP contribution in [0.4, 0.5) is 4.79 Å². The molecular formula is C24H27ClN4O4S2. The van der Waals surface area contributed by atoms with Crippen LogP contribution in [0.1, 0.15) is 45.4 Å². The molecule has 3 aromatic rings. The molecule has 4 heterocycles. The highest BCUT2D eigenvalue weighted by Gasteiger charge is 2.31. The first kappa shape index (κ1) is 25.7. The number of likely N-dealkylation sites (tertiary alicyclic amines) is 1. The number of rotatable bonds is 5. The fourth-order valence-electron chi connectivity index (χ4n) is 3.59. The minimum Gasteiger partial charge on any atom is -0.444 e. The van der Waals surface area contributed by atoms with Crippen LogP contribution in [-0.2, 0) is 15.5 Å². The van der Waals surface area contributed by atoms with Gasteiger partial charge in [-0.1, -0.05) is 11.6 Å². The largest absolute Gasteiger partial charge is 0.444 e. The Kier molecular flexibility index (Phi) is 7.83. The Hall–Kier alpha value is -2.43. The van der Waals surface area contributed by atoms with Gasteiger partial charge in [-0.2, -0.15) is 0 Å². The van der Waals surface area contributed by atoms with E-state index in [1.165, 1.54) is 11.8 Å². The van der Waals surface area contributed by atoms with Gasteiger partial charge in [0.2, 0.25) is 0 Å². The number of nitrogens with zero attached hydrogens (tertiary/aromatic N) is 4. The van der Waals surface area contributed by atoms with Crippen LogP contribution >= 0.6 is 23.4 Å². The number of carbonyl (C=O) groups excluding carboxylic acids is 1. The van der Waals surface area contributed by atoms with Crippen molar-refractivity contribution < 1.29 is 18.2 Å². The second-order valence-corrected chi connectivity index (χ2v) is 11.9. The van der Waals surface area contributed by atoms with Gasteiger partial charge in [0.15, 0.2) is 11.0 Å². The van der Waals surface area contributed by atoms with E-state index in [4.69, 9.17) is 25.7 Å². The van der Waals surface area contributed by atoms with E-state index in [0.717, 1.165) is 10.6 Å². The van der Waals surface area contributed by atoms with Crippen LogP contribution in [0, 0.1) is 0 Å². The van der Waals surface area contributed by atoms with Gasteiger partial charge in [0, 0.05) is 43.2 Å². The highest BCUT2D eigenvalue weighted by Crippen LogP contribution is 2.39. The lowest BCUT2D eigenvalue weighted by atomic mass is 9.97. The molecule has 0 radical (unpaired) electrons. The summed E-state index contributed by atoms with van der Waals surface area (Å²) in [5.74, 6) is 0.679. The quantitative estimate of drug-likeness (QED) is 0.405. The minimum atomic E-state index is -1.17. The van der Waals surface area contributed by atoms with Crippen LogP contribution in [-0.4, -0.2) is 55.1 Å². The third-order valence-electron chi connectivity index (χ3n) is 5.31. The molecule has 0 aliphatic carbocycles. The minimum absolute atomic E-state index is 0.0651. The molecule has 1 fully saturated rings. The molecule has 0 N–H and O–H groups in total. The Morgan fingerprint density at radius 3 is 2.49 bits per heavy atom. The Morgan fingerprint density at radius 1 is 1.17 bits per heavy atom. The Balaban J connectivity index is 1.57. The lowest BCUT2D eigenvalue weighted by Crippen LogP contribution is -2.41. The van der Waals surface area contributed by atoms with Crippen molar-refractivity contribution in [3.63, 3.8) is 0 Å². The van der Waals surface area contributed by atoms with E-state index in [2.05, 4.69) is 9.97 Å². The fraction of sp³-hybridized carbons (Fsp3) is 0.417. The number of hydrogen-bond donors (Lipinski definition) is 0. The molecule has 0 aromatic carbocycles. The second kappa shape index (κ2) is 10.7. The summed E-state index contributed by atoms with van der Waals surface area (Å²) < 4.78 is 23.5. The first-order chi connectivity index (χ1) is 16.6. The van der Waals surface area contributed by atoms with Gasteiger partial charge in [-0.05, 0) is 69.6 Å². The molecule has 186 valence electrons. The van der Waals surface area contributed by atoms with Crippen molar-refractivity contribution in [3.8, 4) is 11.3 Å². The maximum atomic E-state index is 12.4. The summed E-state index contributed by atoms with van der Waals surface area (Å²) >= 11 is 7.33. The molecule has 35 heavy (non-hydrogen) atoms. The van der Waals surface area contributed by atoms with Crippen LogP contribution in [0.15, 0.2) is 56.2 Å². The standard InChI is InChI=1S/C24H27ClN4O4S2/c1-24(2,3)33-23(30)29-11-9-15(10-12-29)21-28-20(16-5-8-19(27-13-16)35(4)31)22(32-21)34-18-7-6-17(25)14-26-18/h5-8,13-15H,9-12H2,1-4H3. The third kappa shape index (κ3) is 6.62. The van der Waals surface area contributed by atoms with Gasteiger partial charge in [0.05, 0.1) is 15.8 Å². The van der Waals surface area contributed by atoms with Crippen LogP contribution in [0.3, 0.4) is 0 Å². The SMILES string of the molecule is CS(=O)c1ccc(-c2nc(C3CCN(C(=O)OC(C)(C)C)CC3)oc2Sc2ccc(Cl)cn2)cn1. The molecular weight excluding hydrogens is 508 g/mol. The van der Waals surface area contributed by atoms with Gasteiger partial charge in [-0.3, -0.25) is 4.21 Å². The third-order valence-corrected chi connectivity index (χ3v) is 7.28. The number of halogens is 1. The summed E-state index contributed by atoms with van der Waals surface area (Å²) in [6.45, 7) is 6.72. The van der Waals surface area contributed by atoms with E-state index in [9.17, 15) is 9.00 Å². The molecule has 0 saturated carbocycles. The molecule has 3 aromatic heterocycles. The number of hydrogen-bond acceptors (Lipinski definition) is 8.